The number of alkyl halides is 9. The van der Waals surface area contributed by atoms with Crippen molar-refractivity contribution in [1.29, 1.82) is 0 Å². The van der Waals surface area contributed by atoms with Crippen LogP contribution >= 0.6 is 0 Å². The van der Waals surface area contributed by atoms with Crippen molar-refractivity contribution >= 4 is 23.1 Å². The van der Waals surface area contributed by atoms with Crippen LogP contribution < -0.4 is 0 Å². The van der Waals surface area contributed by atoms with Crippen LogP contribution in [0.15, 0.2) is 0 Å². The zero-order valence-electron chi connectivity index (χ0n) is 6.56. The second-order valence-corrected chi connectivity index (χ2v) is 2.20. The fourth-order valence-electron chi connectivity index (χ4n) is 0.482. The molecule has 0 amide bonds. The van der Waals surface area contributed by atoms with E-state index < -0.39 is 24.1 Å². The third-order valence-corrected chi connectivity index (χ3v) is 1.23. The van der Waals surface area contributed by atoms with E-state index in [1.165, 1.54) is 0 Å². The second-order valence-electron chi connectivity index (χ2n) is 2.20. The van der Waals surface area contributed by atoms with Crippen molar-refractivity contribution in [2.45, 2.75) is 24.1 Å². The molecular weight excluding hydrogens is 259 g/mol. The van der Waals surface area contributed by atoms with E-state index in [4.69, 9.17) is 5.11 Å². The van der Waals surface area contributed by atoms with Crippen molar-refractivity contribution in [1.82, 2.24) is 0 Å². The highest BCUT2D eigenvalue weighted by Gasteiger charge is 2.83. The summed E-state index contributed by atoms with van der Waals surface area (Å²) in [6.07, 6.45) is -20.6. The Morgan fingerprint density at radius 1 is 0.533 bits per heavy atom. The number of halogens is 9. The lowest BCUT2D eigenvalue weighted by atomic mass is 10.0. The van der Waals surface area contributed by atoms with Crippen molar-refractivity contribution in [2.24, 2.45) is 0 Å². The standard InChI is InChI=1S/C4HF9O.Mg/c5-2(6,7)1(14,3(8,9)10)4(11,12)13;/h14H;. The number of aliphatic hydroxyl groups is 1. The van der Waals surface area contributed by atoms with E-state index in [0.29, 0.717) is 0 Å². The zero-order chi connectivity index (χ0) is 12.0. The van der Waals surface area contributed by atoms with E-state index in [0.717, 1.165) is 0 Å². The predicted molar refractivity (Wildman–Crippen MR) is 28.9 cm³/mol. The maximum atomic E-state index is 11.4. The predicted octanol–water partition coefficient (Wildman–Crippen LogP) is 2.02. The Labute approximate surface area is 92.4 Å². The first-order chi connectivity index (χ1) is 5.75. The maximum Gasteiger partial charge on any atom is 0.435 e. The van der Waals surface area contributed by atoms with Gasteiger partial charge in [0.2, 0.25) is 0 Å². The molecule has 0 aromatic heterocycles. The Hall–Kier alpha value is 0.0962. The number of hydrogen-bond donors (Lipinski definition) is 1. The summed E-state index contributed by atoms with van der Waals surface area (Å²) < 4.78 is 103. The lowest BCUT2D eigenvalue weighted by molar-refractivity contribution is -0.447. The van der Waals surface area contributed by atoms with Crippen molar-refractivity contribution in [3.63, 3.8) is 0 Å². The van der Waals surface area contributed by atoms with Gasteiger partial charge in [0.1, 0.15) is 0 Å². The average Bonchev–Trinajstić information content (AvgIpc) is 1.77. The molecule has 0 aliphatic heterocycles. The van der Waals surface area contributed by atoms with Crippen LogP contribution in [0.5, 0.6) is 0 Å². The summed E-state index contributed by atoms with van der Waals surface area (Å²) in [5.74, 6) is 0. The second kappa shape index (κ2) is 4.16. The molecule has 0 rings (SSSR count). The van der Waals surface area contributed by atoms with Gasteiger partial charge in [-0.15, -0.1) is 0 Å². The fourth-order valence-corrected chi connectivity index (χ4v) is 0.482. The Bertz CT molecular complexity index is 176. The lowest BCUT2D eigenvalue weighted by Gasteiger charge is -2.33. The Balaban J connectivity index is 0. The molecule has 0 aromatic carbocycles. The van der Waals surface area contributed by atoms with E-state index in [-0.39, 0.29) is 23.1 Å². The molecule has 0 unspecified atom stereocenters. The first-order valence-corrected chi connectivity index (χ1v) is 2.67. The van der Waals surface area contributed by atoms with Gasteiger partial charge < -0.3 is 5.11 Å². The van der Waals surface area contributed by atoms with Gasteiger partial charge in [-0.2, -0.15) is 39.5 Å². The molecule has 0 bridgehead atoms. The van der Waals surface area contributed by atoms with Gasteiger partial charge >= 0.3 is 24.1 Å². The van der Waals surface area contributed by atoms with Gasteiger partial charge in [0.05, 0.1) is 0 Å². The molecule has 0 spiro atoms. The zero-order valence-corrected chi connectivity index (χ0v) is 7.97. The van der Waals surface area contributed by atoms with Gasteiger partial charge in [0.25, 0.3) is 0 Å². The SMILES string of the molecule is OC(C(F)(F)F)(C(F)(F)F)C(F)(F)F.[Mg]. The highest BCUT2D eigenvalue weighted by molar-refractivity contribution is 5.75. The lowest BCUT2D eigenvalue weighted by Crippen LogP contribution is -2.66. The summed E-state index contributed by atoms with van der Waals surface area (Å²) in [4.78, 5) is 0. The number of rotatable bonds is 0. The number of hydrogen-bond acceptors (Lipinski definition) is 1. The minimum absolute atomic E-state index is 0. The van der Waals surface area contributed by atoms with E-state index >= 15 is 0 Å². The Morgan fingerprint density at radius 3 is 0.667 bits per heavy atom. The van der Waals surface area contributed by atoms with Crippen LogP contribution in [0.4, 0.5) is 39.5 Å². The third-order valence-electron chi connectivity index (χ3n) is 1.23. The molecule has 0 aromatic rings. The van der Waals surface area contributed by atoms with Crippen molar-refractivity contribution in [2.75, 3.05) is 0 Å². The molecular formula is C4HF9MgO. The van der Waals surface area contributed by atoms with Gasteiger partial charge in [-0.3, -0.25) is 0 Å². The summed E-state index contributed by atoms with van der Waals surface area (Å²) in [6, 6.07) is 0. The van der Waals surface area contributed by atoms with Crippen LogP contribution in [0.1, 0.15) is 0 Å². The molecule has 15 heavy (non-hydrogen) atoms. The Morgan fingerprint density at radius 2 is 0.667 bits per heavy atom. The quantitative estimate of drug-likeness (QED) is 0.522. The van der Waals surface area contributed by atoms with Crippen molar-refractivity contribution in [3.05, 3.63) is 0 Å². The molecule has 0 saturated heterocycles. The van der Waals surface area contributed by atoms with E-state index in [1.54, 1.807) is 0 Å². The summed E-state index contributed by atoms with van der Waals surface area (Å²) in [5, 5.41) is 7.65. The summed E-state index contributed by atoms with van der Waals surface area (Å²) in [7, 11) is 0. The smallest absolute Gasteiger partial charge is 0.367 e. The monoisotopic (exact) mass is 260 g/mol. The van der Waals surface area contributed by atoms with Crippen LogP contribution in [0.3, 0.4) is 0 Å². The molecule has 0 aliphatic carbocycles. The largest absolute Gasteiger partial charge is 0.435 e. The van der Waals surface area contributed by atoms with E-state index in [2.05, 4.69) is 0 Å². The normalized spacial score (nSPS) is 14.8. The Kier molecular flexibility index (Phi) is 4.85. The van der Waals surface area contributed by atoms with Gasteiger partial charge in [-0.25, -0.2) is 0 Å². The van der Waals surface area contributed by atoms with Crippen LogP contribution in [0, 0.1) is 0 Å². The minimum Gasteiger partial charge on any atom is -0.367 e. The van der Waals surface area contributed by atoms with Crippen molar-refractivity contribution < 1.29 is 44.6 Å². The third kappa shape index (κ3) is 2.81. The minimum atomic E-state index is -6.87. The fraction of sp³-hybridized carbons (Fsp3) is 1.00. The van der Waals surface area contributed by atoms with Crippen LogP contribution in [0.25, 0.3) is 0 Å². The first-order valence-electron chi connectivity index (χ1n) is 2.67. The molecule has 11 heteroatoms. The summed E-state index contributed by atoms with van der Waals surface area (Å²) >= 11 is 0. The van der Waals surface area contributed by atoms with Crippen LogP contribution in [0.2, 0.25) is 0 Å². The maximum absolute atomic E-state index is 11.4. The highest BCUT2D eigenvalue weighted by Crippen LogP contribution is 2.52. The van der Waals surface area contributed by atoms with Gasteiger partial charge in [0, 0.05) is 23.1 Å². The van der Waals surface area contributed by atoms with E-state index in [9.17, 15) is 39.5 Å². The van der Waals surface area contributed by atoms with Gasteiger partial charge in [-0.05, 0) is 0 Å². The van der Waals surface area contributed by atoms with E-state index in [1.807, 2.05) is 0 Å². The molecule has 0 heterocycles. The topological polar surface area (TPSA) is 20.2 Å². The molecule has 0 aliphatic rings. The molecule has 88 valence electrons. The van der Waals surface area contributed by atoms with Crippen LogP contribution in [-0.2, 0) is 0 Å². The molecule has 0 atom stereocenters. The average molecular weight is 260 g/mol. The highest BCUT2D eigenvalue weighted by atomic mass is 24.3. The summed E-state index contributed by atoms with van der Waals surface area (Å²) in [5.41, 5.74) is -6.69. The first kappa shape index (κ1) is 17.5. The molecule has 1 N–H and O–H groups in total. The molecule has 0 fully saturated rings. The van der Waals surface area contributed by atoms with Gasteiger partial charge in [-0.1, -0.05) is 0 Å². The molecule has 2 radical (unpaired) electrons. The van der Waals surface area contributed by atoms with Gasteiger partial charge in [0.15, 0.2) is 0 Å². The molecule has 1 nitrogen and oxygen atoms in total. The van der Waals surface area contributed by atoms with Crippen molar-refractivity contribution in [3.8, 4) is 0 Å². The summed E-state index contributed by atoms with van der Waals surface area (Å²) in [6.45, 7) is 0. The van der Waals surface area contributed by atoms with Crippen LogP contribution in [-0.4, -0.2) is 52.3 Å². The molecule has 0 saturated carbocycles.